The van der Waals surface area contributed by atoms with Gasteiger partial charge in [-0.2, -0.15) is 0 Å². The van der Waals surface area contributed by atoms with Crippen molar-refractivity contribution in [2.45, 2.75) is 40.2 Å². The third-order valence-electron chi connectivity index (χ3n) is 3.25. The highest BCUT2D eigenvalue weighted by Crippen LogP contribution is 2.16. The van der Waals surface area contributed by atoms with Gasteiger partial charge in [0.25, 0.3) is 5.91 Å². The van der Waals surface area contributed by atoms with Crippen LogP contribution >= 0.6 is 0 Å². The van der Waals surface area contributed by atoms with Gasteiger partial charge in [-0.3, -0.25) is 4.79 Å². The Kier molecular flexibility index (Phi) is 6.27. The Morgan fingerprint density at radius 1 is 1.40 bits per heavy atom. The number of nitrogens with zero attached hydrogens (tertiary/aromatic N) is 1. The molecule has 3 nitrogen and oxygen atoms in total. The molecule has 0 saturated carbocycles. The molecule has 0 radical (unpaired) electrons. The molecule has 0 saturated heterocycles. The summed E-state index contributed by atoms with van der Waals surface area (Å²) in [5.74, 6) is 5.96. The molecule has 0 bridgehead atoms. The summed E-state index contributed by atoms with van der Waals surface area (Å²) in [5.41, 5.74) is 2.46. The van der Waals surface area contributed by atoms with Crippen LogP contribution in [0, 0.1) is 18.8 Å². The van der Waals surface area contributed by atoms with Crippen molar-refractivity contribution in [3.63, 3.8) is 0 Å². The van der Waals surface area contributed by atoms with Gasteiger partial charge in [0, 0.05) is 30.1 Å². The van der Waals surface area contributed by atoms with E-state index in [4.69, 9.17) is 5.11 Å². The molecule has 0 spiro atoms. The predicted octanol–water partition coefficient (Wildman–Crippen LogP) is 2.60. The van der Waals surface area contributed by atoms with E-state index in [0.29, 0.717) is 18.5 Å². The van der Waals surface area contributed by atoms with Gasteiger partial charge in [-0.05, 0) is 45.4 Å². The molecule has 0 aliphatic rings. The Morgan fingerprint density at radius 2 is 2.10 bits per heavy atom. The van der Waals surface area contributed by atoms with Crippen molar-refractivity contribution in [1.82, 2.24) is 4.90 Å². The van der Waals surface area contributed by atoms with Crippen LogP contribution in [0.4, 0.5) is 0 Å². The average molecular weight is 273 g/mol. The van der Waals surface area contributed by atoms with Crippen molar-refractivity contribution < 1.29 is 9.90 Å². The largest absolute Gasteiger partial charge is 0.395 e. The molecule has 0 fully saturated rings. The zero-order valence-corrected chi connectivity index (χ0v) is 12.7. The summed E-state index contributed by atoms with van der Waals surface area (Å²) in [5, 5.41) is 8.76. The maximum atomic E-state index is 12.6. The minimum Gasteiger partial charge on any atom is -0.395 e. The molecular weight excluding hydrogens is 250 g/mol. The summed E-state index contributed by atoms with van der Waals surface area (Å²) in [6.45, 7) is 8.68. The number of benzene rings is 1. The van der Waals surface area contributed by atoms with Crippen LogP contribution < -0.4 is 0 Å². The summed E-state index contributed by atoms with van der Waals surface area (Å²) in [4.78, 5) is 14.4. The van der Waals surface area contributed by atoms with E-state index < -0.39 is 0 Å². The highest BCUT2D eigenvalue weighted by atomic mass is 16.2. The molecule has 1 amide bonds. The Hall–Kier alpha value is -1.79. The van der Waals surface area contributed by atoms with Gasteiger partial charge in [-0.25, -0.2) is 0 Å². The van der Waals surface area contributed by atoms with Gasteiger partial charge in [0.2, 0.25) is 0 Å². The van der Waals surface area contributed by atoms with Gasteiger partial charge < -0.3 is 10.0 Å². The molecule has 1 rings (SSSR count). The molecule has 20 heavy (non-hydrogen) atoms. The lowest BCUT2D eigenvalue weighted by atomic mass is 10.0. The minimum atomic E-state index is 0.0470. The summed E-state index contributed by atoms with van der Waals surface area (Å²) >= 11 is 0. The number of hydrogen-bond acceptors (Lipinski definition) is 2. The number of aliphatic hydroxyl groups excluding tert-OH is 1. The molecule has 0 aliphatic carbocycles. The van der Waals surface area contributed by atoms with Crippen LogP contribution in [0.25, 0.3) is 0 Å². The Balaban J connectivity index is 3.11. The second-order valence-electron chi connectivity index (χ2n) is 4.94. The molecule has 0 aliphatic heterocycles. The molecule has 1 aromatic rings. The molecule has 0 aromatic heterocycles. The number of rotatable bonds is 4. The van der Waals surface area contributed by atoms with Crippen molar-refractivity contribution >= 4 is 5.91 Å². The first kappa shape index (κ1) is 16.3. The van der Waals surface area contributed by atoms with Gasteiger partial charge in [0.05, 0.1) is 6.61 Å². The first-order valence-corrected chi connectivity index (χ1v) is 7.03. The topological polar surface area (TPSA) is 40.5 Å². The van der Waals surface area contributed by atoms with E-state index in [1.165, 1.54) is 0 Å². The van der Waals surface area contributed by atoms with Crippen molar-refractivity contribution in [3.8, 4) is 11.8 Å². The first-order chi connectivity index (χ1) is 9.52. The van der Waals surface area contributed by atoms with Crippen LogP contribution in [-0.2, 0) is 0 Å². The summed E-state index contributed by atoms with van der Waals surface area (Å²) in [6, 6.07) is 5.79. The fraction of sp³-hybridized carbons (Fsp3) is 0.471. The molecular formula is C17H23NO2. The summed E-state index contributed by atoms with van der Waals surface area (Å²) in [6.07, 6.45) is 0.449. The molecule has 0 atom stereocenters. The molecule has 0 heterocycles. The fourth-order valence-electron chi connectivity index (χ4n) is 2.11. The lowest BCUT2D eigenvalue weighted by molar-refractivity contribution is 0.0716. The third-order valence-corrected chi connectivity index (χ3v) is 3.25. The zero-order chi connectivity index (χ0) is 15.1. The molecule has 3 heteroatoms. The fourth-order valence-corrected chi connectivity index (χ4v) is 2.11. The lowest BCUT2D eigenvalue weighted by Gasteiger charge is -2.26. The maximum absolute atomic E-state index is 12.6. The van der Waals surface area contributed by atoms with E-state index in [0.717, 1.165) is 11.1 Å². The average Bonchev–Trinajstić information content (AvgIpc) is 2.41. The third kappa shape index (κ3) is 3.85. The zero-order valence-electron chi connectivity index (χ0n) is 12.7. The van der Waals surface area contributed by atoms with Gasteiger partial charge in [-0.15, -0.1) is 0 Å². The van der Waals surface area contributed by atoms with Crippen LogP contribution in [0.5, 0.6) is 0 Å². The van der Waals surface area contributed by atoms with Crippen LogP contribution in [-0.4, -0.2) is 35.1 Å². The van der Waals surface area contributed by atoms with Crippen LogP contribution in [0.3, 0.4) is 0 Å². The monoisotopic (exact) mass is 273 g/mol. The van der Waals surface area contributed by atoms with E-state index in [1.807, 2.05) is 50.8 Å². The predicted molar refractivity (Wildman–Crippen MR) is 81.6 cm³/mol. The Labute approximate surface area is 121 Å². The summed E-state index contributed by atoms with van der Waals surface area (Å²) < 4.78 is 0. The van der Waals surface area contributed by atoms with Gasteiger partial charge in [0.1, 0.15) is 0 Å². The van der Waals surface area contributed by atoms with Gasteiger partial charge in [0.15, 0.2) is 0 Å². The second kappa shape index (κ2) is 7.72. The number of aliphatic hydroxyl groups is 1. The van der Waals surface area contributed by atoms with E-state index in [1.54, 1.807) is 0 Å². The van der Waals surface area contributed by atoms with Gasteiger partial charge >= 0.3 is 0 Å². The number of amides is 1. The van der Waals surface area contributed by atoms with Crippen molar-refractivity contribution in [2.75, 3.05) is 13.2 Å². The Bertz CT molecular complexity index is 524. The van der Waals surface area contributed by atoms with E-state index in [2.05, 4.69) is 11.8 Å². The summed E-state index contributed by atoms with van der Waals surface area (Å²) in [7, 11) is 0. The first-order valence-electron chi connectivity index (χ1n) is 7.03. The quantitative estimate of drug-likeness (QED) is 0.857. The van der Waals surface area contributed by atoms with E-state index in [-0.39, 0.29) is 18.6 Å². The highest BCUT2D eigenvalue weighted by molar-refractivity contribution is 5.96. The van der Waals surface area contributed by atoms with Crippen molar-refractivity contribution in [2.24, 2.45) is 0 Å². The number of carbonyl (C=O) groups is 1. The van der Waals surface area contributed by atoms with Crippen LogP contribution in [0.1, 0.15) is 48.7 Å². The molecule has 0 unspecified atom stereocenters. The van der Waals surface area contributed by atoms with E-state index >= 15 is 0 Å². The van der Waals surface area contributed by atoms with Crippen LogP contribution in [0.2, 0.25) is 0 Å². The maximum Gasteiger partial charge on any atom is 0.254 e. The molecule has 108 valence electrons. The van der Waals surface area contributed by atoms with Crippen molar-refractivity contribution in [3.05, 3.63) is 34.9 Å². The highest BCUT2D eigenvalue weighted by Gasteiger charge is 2.19. The lowest BCUT2D eigenvalue weighted by Crippen LogP contribution is -2.37. The molecule has 1 N–H and O–H groups in total. The number of carbonyl (C=O) groups excluding carboxylic acids is 1. The SMILES string of the molecule is CCN(C(=O)c1cccc(C#CCCO)c1C)C(C)C. The smallest absolute Gasteiger partial charge is 0.254 e. The van der Waals surface area contributed by atoms with Gasteiger partial charge in [-0.1, -0.05) is 17.9 Å². The van der Waals surface area contributed by atoms with Crippen LogP contribution in [0.15, 0.2) is 18.2 Å². The standard InChI is InChI=1S/C17H23NO2/c1-5-18(13(2)3)17(20)16-11-8-10-15(14(16)4)9-6-7-12-19/h8,10-11,13,19H,5,7,12H2,1-4H3. The Morgan fingerprint density at radius 3 is 2.65 bits per heavy atom. The normalized spacial score (nSPS) is 10.1. The molecule has 1 aromatic carbocycles. The van der Waals surface area contributed by atoms with E-state index in [9.17, 15) is 4.79 Å². The van der Waals surface area contributed by atoms with Crippen molar-refractivity contribution in [1.29, 1.82) is 0 Å². The number of hydrogen-bond donors (Lipinski definition) is 1. The second-order valence-corrected chi connectivity index (χ2v) is 4.94. The minimum absolute atomic E-state index is 0.0470.